The standard InChI is InChI=1S/C35H43Cl2N5O5S/c1-4-47-35(45)32-27(20-29(43)42-15-13-41(14-16-42)23-18-21-8-9-22(19-23)40(21)2)39-26(10-11-28-38-12-17-48-28)31(34(44)46-3)33(32)30-24(36)6-5-7-25(30)37/h5-7,12,17,21-23,31,33H,4,8-11,13-16,18-20H2,1-3H3. The number of halogens is 2. The maximum atomic E-state index is 14.0. The fraction of sp³-hybridized carbons (Fsp3) is 0.571. The fourth-order valence-corrected chi connectivity index (χ4v) is 9.30. The number of nitrogens with zero attached hydrogens (tertiary/aromatic N) is 5. The number of esters is 2. The number of hydrogen-bond donors (Lipinski definition) is 0. The monoisotopic (exact) mass is 715 g/mol. The number of piperazine rings is 1. The number of piperidine rings is 1. The molecule has 3 saturated heterocycles. The summed E-state index contributed by atoms with van der Waals surface area (Å²) in [6.07, 6.45) is 7.40. The molecule has 4 atom stereocenters. The van der Waals surface area contributed by atoms with Gasteiger partial charge < -0.3 is 19.3 Å². The van der Waals surface area contributed by atoms with Gasteiger partial charge in [0.05, 0.1) is 36.4 Å². The highest BCUT2D eigenvalue weighted by atomic mass is 35.5. The molecule has 4 unspecified atom stereocenters. The first kappa shape index (κ1) is 35.0. The van der Waals surface area contributed by atoms with E-state index in [0.717, 1.165) is 18.1 Å². The zero-order valence-corrected chi connectivity index (χ0v) is 30.0. The predicted molar refractivity (Wildman–Crippen MR) is 187 cm³/mol. The first-order valence-electron chi connectivity index (χ1n) is 16.8. The van der Waals surface area contributed by atoms with Crippen molar-refractivity contribution in [2.45, 2.75) is 75.9 Å². The van der Waals surface area contributed by atoms with Crippen molar-refractivity contribution in [1.82, 2.24) is 19.7 Å². The highest BCUT2D eigenvalue weighted by Crippen LogP contribution is 2.47. The van der Waals surface area contributed by atoms with Gasteiger partial charge in [-0.15, -0.1) is 11.3 Å². The summed E-state index contributed by atoms with van der Waals surface area (Å²) in [6.45, 7) is 4.64. The van der Waals surface area contributed by atoms with Gasteiger partial charge >= 0.3 is 11.9 Å². The van der Waals surface area contributed by atoms with Crippen molar-refractivity contribution in [3.05, 3.63) is 61.7 Å². The second kappa shape index (κ2) is 15.4. The Balaban J connectivity index is 1.32. The van der Waals surface area contributed by atoms with Gasteiger partial charge in [0.1, 0.15) is 5.92 Å². The molecule has 258 valence electrons. The lowest BCUT2D eigenvalue weighted by Gasteiger charge is -2.45. The molecule has 4 aliphatic rings. The maximum Gasteiger partial charge on any atom is 0.336 e. The molecule has 1 aromatic carbocycles. The molecule has 13 heteroatoms. The Morgan fingerprint density at radius 3 is 2.29 bits per heavy atom. The van der Waals surface area contributed by atoms with E-state index in [1.165, 1.54) is 44.1 Å². The number of aromatic nitrogens is 1. The molecule has 48 heavy (non-hydrogen) atoms. The average Bonchev–Trinajstić information content (AvgIpc) is 3.66. The topological polar surface area (TPSA) is 105 Å². The minimum atomic E-state index is -1.01. The number of aryl methyl sites for hydroxylation is 1. The molecule has 0 saturated carbocycles. The van der Waals surface area contributed by atoms with Gasteiger partial charge in [0, 0.05) is 84.0 Å². The second-order valence-electron chi connectivity index (χ2n) is 13.0. The first-order chi connectivity index (χ1) is 23.2. The van der Waals surface area contributed by atoms with Gasteiger partial charge in [-0.2, -0.15) is 0 Å². The zero-order chi connectivity index (χ0) is 33.9. The van der Waals surface area contributed by atoms with Crippen LogP contribution in [0.2, 0.25) is 10.0 Å². The summed E-state index contributed by atoms with van der Waals surface area (Å²) < 4.78 is 10.8. The van der Waals surface area contributed by atoms with E-state index >= 15 is 0 Å². The van der Waals surface area contributed by atoms with E-state index in [4.69, 9.17) is 37.7 Å². The summed E-state index contributed by atoms with van der Waals surface area (Å²) in [4.78, 5) is 57.8. The minimum absolute atomic E-state index is 0.0939. The van der Waals surface area contributed by atoms with Crippen LogP contribution in [-0.4, -0.2) is 108 Å². The molecule has 5 heterocycles. The van der Waals surface area contributed by atoms with Gasteiger partial charge in [-0.3, -0.25) is 19.5 Å². The Labute approximate surface area is 296 Å². The van der Waals surface area contributed by atoms with Crippen molar-refractivity contribution < 1.29 is 23.9 Å². The number of methoxy groups -OCH3 is 1. The Morgan fingerprint density at radius 1 is 1.00 bits per heavy atom. The van der Waals surface area contributed by atoms with Crippen LogP contribution in [0.3, 0.4) is 0 Å². The van der Waals surface area contributed by atoms with Crippen LogP contribution in [0.4, 0.5) is 0 Å². The lowest BCUT2D eigenvalue weighted by atomic mass is 9.73. The summed E-state index contributed by atoms with van der Waals surface area (Å²) in [5, 5.41) is 3.34. The number of carbonyl (C=O) groups is 3. The van der Waals surface area contributed by atoms with Crippen molar-refractivity contribution in [2.24, 2.45) is 10.9 Å². The molecule has 4 aliphatic heterocycles. The zero-order valence-electron chi connectivity index (χ0n) is 27.7. The summed E-state index contributed by atoms with van der Waals surface area (Å²) in [7, 11) is 3.55. The molecule has 0 aliphatic carbocycles. The molecule has 1 aromatic heterocycles. The average molecular weight is 717 g/mol. The third kappa shape index (κ3) is 7.21. The van der Waals surface area contributed by atoms with Gasteiger partial charge in [0.15, 0.2) is 0 Å². The van der Waals surface area contributed by atoms with Crippen LogP contribution < -0.4 is 0 Å². The highest BCUT2D eigenvalue weighted by Gasteiger charge is 2.46. The van der Waals surface area contributed by atoms with Crippen molar-refractivity contribution in [1.29, 1.82) is 0 Å². The summed E-state index contributed by atoms with van der Waals surface area (Å²) in [5.74, 6) is -3.36. The van der Waals surface area contributed by atoms with Crippen molar-refractivity contribution >= 4 is 58.1 Å². The molecular formula is C35H43Cl2N5O5S. The SMILES string of the molecule is CCOC(=O)C1=C(CC(=O)N2CCN(C3CC4CCC(C3)N4C)CC2)N=C(CCc2nccs2)C(C(=O)OC)C1c1c(Cl)cccc1Cl. The maximum absolute atomic E-state index is 14.0. The normalized spacial score (nSPS) is 26.4. The van der Waals surface area contributed by atoms with E-state index in [1.54, 1.807) is 31.3 Å². The van der Waals surface area contributed by atoms with Gasteiger partial charge in [-0.25, -0.2) is 9.78 Å². The van der Waals surface area contributed by atoms with Gasteiger partial charge in [0.2, 0.25) is 5.91 Å². The number of rotatable bonds is 10. The van der Waals surface area contributed by atoms with Crippen LogP contribution in [0.5, 0.6) is 0 Å². The lowest BCUT2D eigenvalue weighted by molar-refractivity contribution is -0.144. The molecule has 0 spiro atoms. The van der Waals surface area contributed by atoms with Crippen molar-refractivity contribution in [2.75, 3.05) is 46.9 Å². The van der Waals surface area contributed by atoms with Crippen LogP contribution in [0.25, 0.3) is 0 Å². The predicted octanol–water partition coefficient (Wildman–Crippen LogP) is 5.39. The second-order valence-corrected chi connectivity index (χ2v) is 14.8. The van der Waals surface area contributed by atoms with Gasteiger partial charge in [-0.05, 0) is 63.8 Å². The lowest BCUT2D eigenvalue weighted by Crippen LogP contribution is -2.55. The Bertz CT molecular complexity index is 1540. The van der Waals surface area contributed by atoms with E-state index in [2.05, 4.69) is 21.8 Å². The number of amides is 1. The molecular weight excluding hydrogens is 673 g/mol. The molecule has 6 rings (SSSR count). The molecule has 10 nitrogen and oxygen atoms in total. The number of thiazole rings is 1. The summed E-state index contributed by atoms with van der Waals surface area (Å²) in [6, 6.07) is 6.90. The Hall–Kier alpha value is -2.83. The quantitative estimate of drug-likeness (QED) is 0.302. The van der Waals surface area contributed by atoms with E-state index in [-0.39, 0.29) is 40.3 Å². The van der Waals surface area contributed by atoms with Crippen LogP contribution in [-0.2, 0) is 30.3 Å². The van der Waals surface area contributed by atoms with E-state index in [9.17, 15) is 14.4 Å². The van der Waals surface area contributed by atoms with E-state index in [1.807, 2.05) is 10.3 Å². The highest BCUT2D eigenvalue weighted by molar-refractivity contribution is 7.09. The summed E-state index contributed by atoms with van der Waals surface area (Å²) >= 11 is 15.0. The van der Waals surface area contributed by atoms with Crippen LogP contribution in [0, 0.1) is 5.92 Å². The molecule has 0 N–H and O–H groups in total. The number of benzene rings is 1. The third-order valence-electron chi connectivity index (χ3n) is 10.5. The Morgan fingerprint density at radius 2 is 1.69 bits per heavy atom. The largest absolute Gasteiger partial charge is 0.468 e. The number of ether oxygens (including phenoxy) is 2. The van der Waals surface area contributed by atoms with Crippen molar-refractivity contribution in [3.63, 3.8) is 0 Å². The molecule has 1 amide bonds. The summed E-state index contributed by atoms with van der Waals surface area (Å²) in [5.41, 5.74) is 1.25. The molecule has 2 aromatic rings. The van der Waals surface area contributed by atoms with Gasteiger partial charge in [-0.1, -0.05) is 29.3 Å². The minimum Gasteiger partial charge on any atom is -0.468 e. The molecule has 3 fully saturated rings. The number of carbonyl (C=O) groups excluding carboxylic acids is 3. The third-order valence-corrected chi connectivity index (χ3v) is 12.0. The van der Waals surface area contributed by atoms with Crippen LogP contribution >= 0.6 is 34.5 Å². The van der Waals surface area contributed by atoms with E-state index in [0.29, 0.717) is 55.3 Å². The molecule has 0 radical (unpaired) electrons. The molecule has 2 bridgehead atoms. The number of fused-ring (bicyclic) bond motifs is 2. The Kier molecular flexibility index (Phi) is 11.2. The van der Waals surface area contributed by atoms with Crippen LogP contribution in [0.15, 0.2) is 46.0 Å². The number of hydrogen-bond acceptors (Lipinski definition) is 10. The van der Waals surface area contributed by atoms with E-state index < -0.39 is 23.8 Å². The fourth-order valence-electron chi connectivity index (χ4n) is 8.04. The van der Waals surface area contributed by atoms with Gasteiger partial charge in [0.25, 0.3) is 0 Å². The number of aliphatic imine (C=N–C) groups is 1. The first-order valence-corrected chi connectivity index (χ1v) is 18.4. The van der Waals surface area contributed by atoms with Crippen molar-refractivity contribution in [3.8, 4) is 0 Å². The smallest absolute Gasteiger partial charge is 0.336 e. The van der Waals surface area contributed by atoms with Crippen LogP contribution in [0.1, 0.15) is 61.9 Å².